The van der Waals surface area contributed by atoms with Crippen LogP contribution in [0, 0.1) is 0 Å². The van der Waals surface area contributed by atoms with E-state index in [2.05, 4.69) is 27.8 Å². The summed E-state index contributed by atoms with van der Waals surface area (Å²) in [5.41, 5.74) is 0.502. The standard InChI is InChI=1S/C16H20N4O2S2/c1-4-10(3)22-12-8-6-11(7-9-12)14(21)17-15(23)18-16-20-19-13(5-2)24-16/h6-10H,4-5H2,1-3H3,(H2,17,18,20,21,23)/t10-/m1/s1. The van der Waals surface area contributed by atoms with Crippen LogP contribution in [0.2, 0.25) is 0 Å². The van der Waals surface area contributed by atoms with Gasteiger partial charge in [0, 0.05) is 5.56 Å². The van der Waals surface area contributed by atoms with Gasteiger partial charge in [-0.2, -0.15) is 0 Å². The molecule has 1 heterocycles. The highest BCUT2D eigenvalue weighted by Crippen LogP contribution is 2.16. The quantitative estimate of drug-likeness (QED) is 0.765. The molecule has 128 valence electrons. The highest BCUT2D eigenvalue weighted by Gasteiger charge is 2.10. The number of nitrogens with one attached hydrogen (secondary N) is 2. The van der Waals surface area contributed by atoms with Gasteiger partial charge in [-0.05, 0) is 56.2 Å². The number of thiocarbonyl (C=S) groups is 1. The van der Waals surface area contributed by atoms with Crippen molar-refractivity contribution < 1.29 is 9.53 Å². The van der Waals surface area contributed by atoms with Crippen molar-refractivity contribution in [3.63, 3.8) is 0 Å². The summed E-state index contributed by atoms with van der Waals surface area (Å²) in [6.45, 7) is 6.06. The summed E-state index contributed by atoms with van der Waals surface area (Å²) >= 11 is 6.53. The van der Waals surface area contributed by atoms with E-state index in [1.807, 2.05) is 13.8 Å². The highest BCUT2D eigenvalue weighted by atomic mass is 32.1. The molecule has 1 amide bonds. The van der Waals surface area contributed by atoms with Crippen LogP contribution in [-0.2, 0) is 6.42 Å². The molecule has 0 radical (unpaired) electrons. The van der Waals surface area contributed by atoms with Gasteiger partial charge in [0.2, 0.25) is 5.13 Å². The molecule has 8 heteroatoms. The lowest BCUT2D eigenvalue weighted by molar-refractivity contribution is 0.0977. The van der Waals surface area contributed by atoms with E-state index in [0.29, 0.717) is 10.7 Å². The molecular formula is C16H20N4O2S2. The maximum absolute atomic E-state index is 12.2. The molecule has 0 saturated carbocycles. The molecule has 6 nitrogen and oxygen atoms in total. The third kappa shape index (κ3) is 5.24. The van der Waals surface area contributed by atoms with Gasteiger partial charge >= 0.3 is 0 Å². The zero-order valence-corrected chi connectivity index (χ0v) is 15.5. The van der Waals surface area contributed by atoms with Gasteiger partial charge in [-0.25, -0.2) is 0 Å². The normalized spacial score (nSPS) is 11.6. The zero-order chi connectivity index (χ0) is 17.5. The minimum absolute atomic E-state index is 0.140. The molecule has 0 bridgehead atoms. The van der Waals surface area contributed by atoms with E-state index in [-0.39, 0.29) is 17.1 Å². The maximum Gasteiger partial charge on any atom is 0.257 e. The van der Waals surface area contributed by atoms with Crippen molar-refractivity contribution in [2.45, 2.75) is 39.7 Å². The van der Waals surface area contributed by atoms with Crippen molar-refractivity contribution >= 4 is 39.7 Å². The van der Waals surface area contributed by atoms with Crippen molar-refractivity contribution in [1.29, 1.82) is 0 Å². The van der Waals surface area contributed by atoms with Gasteiger partial charge in [-0.15, -0.1) is 10.2 Å². The second-order valence-electron chi connectivity index (χ2n) is 5.12. The molecule has 1 atom stereocenters. The summed E-state index contributed by atoms with van der Waals surface area (Å²) < 4.78 is 5.69. The molecule has 2 rings (SSSR count). The lowest BCUT2D eigenvalue weighted by Crippen LogP contribution is -2.34. The second kappa shape index (κ2) is 8.70. The SMILES string of the molecule is CCc1nnc(NC(=S)NC(=O)c2ccc(O[C@H](C)CC)cc2)s1. The van der Waals surface area contributed by atoms with Crippen LogP contribution in [0.15, 0.2) is 24.3 Å². The number of rotatable bonds is 6. The molecule has 1 aromatic carbocycles. The van der Waals surface area contributed by atoms with Crippen molar-refractivity contribution in [2.24, 2.45) is 0 Å². The summed E-state index contributed by atoms with van der Waals surface area (Å²) in [5.74, 6) is 0.449. The summed E-state index contributed by atoms with van der Waals surface area (Å²) in [4.78, 5) is 12.2. The molecule has 1 aromatic heterocycles. The third-order valence-corrected chi connectivity index (χ3v) is 4.43. The molecule has 2 N–H and O–H groups in total. The van der Waals surface area contributed by atoms with Gasteiger partial charge in [0.25, 0.3) is 5.91 Å². The van der Waals surface area contributed by atoms with Crippen LogP contribution >= 0.6 is 23.6 Å². The van der Waals surface area contributed by atoms with Crippen LogP contribution in [0.3, 0.4) is 0 Å². The number of hydrogen-bond donors (Lipinski definition) is 2. The lowest BCUT2D eigenvalue weighted by Gasteiger charge is -2.12. The average Bonchev–Trinajstić information content (AvgIpc) is 3.02. The number of ether oxygens (including phenoxy) is 1. The Bertz CT molecular complexity index is 700. The highest BCUT2D eigenvalue weighted by molar-refractivity contribution is 7.80. The molecule has 0 saturated heterocycles. The Morgan fingerprint density at radius 3 is 2.58 bits per heavy atom. The van der Waals surface area contributed by atoms with E-state index in [9.17, 15) is 4.79 Å². The number of aromatic nitrogens is 2. The Kier molecular flexibility index (Phi) is 6.62. The van der Waals surface area contributed by atoms with Gasteiger partial charge in [0.05, 0.1) is 6.10 Å². The van der Waals surface area contributed by atoms with Gasteiger partial charge in [0.1, 0.15) is 10.8 Å². The molecule has 0 aliphatic rings. The zero-order valence-electron chi connectivity index (χ0n) is 13.8. The summed E-state index contributed by atoms with van der Waals surface area (Å²) in [6, 6.07) is 6.96. The van der Waals surface area contributed by atoms with Crippen LogP contribution < -0.4 is 15.4 Å². The first kappa shape index (κ1) is 18.3. The number of nitrogens with zero attached hydrogens (tertiary/aromatic N) is 2. The van der Waals surface area contributed by atoms with Crippen LogP contribution in [0.25, 0.3) is 0 Å². The van der Waals surface area contributed by atoms with Crippen molar-refractivity contribution in [1.82, 2.24) is 15.5 Å². The molecule has 0 unspecified atom stereocenters. The molecule has 0 spiro atoms. The van der Waals surface area contributed by atoms with E-state index >= 15 is 0 Å². The fraction of sp³-hybridized carbons (Fsp3) is 0.375. The van der Waals surface area contributed by atoms with Gasteiger partial charge in [-0.1, -0.05) is 25.2 Å². The van der Waals surface area contributed by atoms with Crippen LogP contribution in [0.5, 0.6) is 5.75 Å². The van der Waals surface area contributed by atoms with E-state index in [4.69, 9.17) is 17.0 Å². The predicted octanol–water partition coefficient (Wildman–Crippen LogP) is 3.40. The lowest BCUT2D eigenvalue weighted by atomic mass is 10.2. The summed E-state index contributed by atoms with van der Waals surface area (Å²) in [5, 5.41) is 15.1. The van der Waals surface area contributed by atoms with Gasteiger partial charge in [-0.3, -0.25) is 10.1 Å². The minimum Gasteiger partial charge on any atom is -0.491 e. The van der Waals surface area contributed by atoms with Crippen molar-refractivity contribution in [3.05, 3.63) is 34.8 Å². The first-order valence-corrected chi connectivity index (χ1v) is 8.95. The number of carbonyl (C=O) groups excluding carboxylic acids is 1. The molecule has 2 aromatic rings. The molecule has 0 aliphatic carbocycles. The molecule has 24 heavy (non-hydrogen) atoms. The monoisotopic (exact) mass is 364 g/mol. The Morgan fingerprint density at radius 1 is 1.29 bits per heavy atom. The summed E-state index contributed by atoms with van der Waals surface area (Å²) in [6.07, 6.45) is 1.87. The Hall–Kier alpha value is -2.06. The fourth-order valence-corrected chi connectivity index (χ4v) is 2.69. The van der Waals surface area contributed by atoms with Gasteiger partial charge in [0.15, 0.2) is 5.11 Å². The van der Waals surface area contributed by atoms with Crippen molar-refractivity contribution in [3.8, 4) is 5.75 Å². The number of hydrogen-bond acceptors (Lipinski definition) is 6. The van der Waals surface area contributed by atoms with Crippen LogP contribution in [-0.4, -0.2) is 27.3 Å². The van der Waals surface area contributed by atoms with E-state index < -0.39 is 0 Å². The Balaban J connectivity index is 1.90. The van der Waals surface area contributed by atoms with Crippen LogP contribution in [0.4, 0.5) is 5.13 Å². The predicted molar refractivity (Wildman–Crippen MR) is 99.8 cm³/mol. The van der Waals surface area contributed by atoms with Crippen molar-refractivity contribution in [2.75, 3.05) is 5.32 Å². The summed E-state index contributed by atoms with van der Waals surface area (Å²) in [7, 11) is 0. The number of benzene rings is 1. The number of anilines is 1. The molecule has 0 aliphatic heterocycles. The van der Waals surface area contributed by atoms with Crippen LogP contribution in [0.1, 0.15) is 42.6 Å². The number of aryl methyl sites for hydroxylation is 1. The maximum atomic E-state index is 12.2. The minimum atomic E-state index is -0.289. The van der Waals surface area contributed by atoms with Gasteiger partial charge < -0.3 is 10.1 Å². The topological polar surface area (TPSA) is 76.1 Å². The smallest absolute Gasteiger partial charge is 0.257 e. The second-order valence-corrected chi connectivity index (χ2v) is 6.59. The van der Waals surface area contributed by atoms with E-state index in [1.165, 1.54) is 11.3 Å². The molecule has 0 fully saturated rings. The fourth-order valence-electron chi connectivity index (χ4n) is 1.75. The van der Waals surface area contributed by atoms with E-state index in [1.54, 1.807) is 24.3 Å². The van der Waals surface area contributed by atoms with E-state index in [0.717, 1.165) is 23.6 Å². The largest absolute Gasteiger partial charge is 0.491 e. The first-order chi connectivity index (χ1) is 11.5. The number of carbonyl (C=O) groups is 1. The molecular weight excluding hydrogens is 344 g/mol. The Labute approximate surface area is 150 Å². The third-order valence-electron chi connectivity index (χ3n) is 3.25. The first-order valence-electron chi connectivity index (χ1n) is 7.73. The Morgan fingerprint density at radius 2 is 2.00 bits per heavy atom. The average molecular weight is 364 g/mol. The number of amides is 1.